The van der Waals surface area contributed by atoms with Crippen molar-refractivity contribution in [3.63, 3.8) is 0 Å². The maximum Gasteiger partial charge on any atom is 0.257 e. The molecule has 0 saturated carbocycles. The van der Waals surface area contributed by atoms with Crippen LogP contribution in [0.1, 0.15) is 41.0 Å². The van der Waals surface area contributed by atoms with Gasteiger partial charge in [0.1, 0.15) is 0 Å². The van der Waals surface area contributed by atoms with Crippen molar-refractivity contribution in [3.05, 3.63) is 41.5 Å². The van der Waals surface area contributed by atoms with Gasteiger partial charge in [0, 0.05) is 31.9 Å². The number of rotatable bonds is 1. The summed E-state index contributed by atoms with van der Waals surface area (Å²) >= 11 is 0. The Balaban J connectivity index is 1.51. The second-order valence-electron chi connectivity index (χ2n) is 6.98. The number of carbonyl (C=O) groups is 1. The number of aryl methyl sites for hydroxylation is 1. The Morgan fingerprint density at radius 2 is 2.21 bits per heavy atom. The van der Waals surface area contributed by atoms with Crippen LogP contribution in [0.5, 0.6) is 0 Å². The average Bonchev–Trinajstić information content (AvgIpc) is 3.29. The largest absolute Gasteiger partial charge is 0.365 e. The highest BCUT2D eigenvalue weighted by molar-refractivity contribution is 5.95. The average molecular weight is 323 g/mol. The Labute approximate surface area is 141 Å². The molecule has 0 bridgehead atoms. The zero-order chi connectivity index (χ0) is 16.1. The van der Waals surface area contributed by atoms with E-state index in [1.165, 1.54) is 12.1 Å². The molecule has 0 aromatic carbocycles. The number of anilines is 1. The molecule has 5 heterocycles. The van der Waals surface area contributed by atoms with Gasteiger partial charge in [0.2, 0.25) is 0 Å². The van der Waals surface area contributed by atoms with Crippen LogP contribution in [-0.2, 0) is 19.5 Å². The van der Waals surface area contributed by atoms with Crippen molar-refractivity contribution in [1.82, 2.24) is 19.7 Å². The van der Waals surface area contributed by atoms with Crippen LogP contribution in [0, 0.1) is 0 Å². The number of pyridine rings is 1. The normalized spacial score (nSPS) is 22.1. The number of amides is 1. The standard InChI is InChI=1S/C18H21N5O/c24-18(14-10-20-23-9-3-6-16(14)23)21-11-13-4-2-8-22(13)17-5-1-7-19-15(17)12-21/h1,5,7,10,13H,2-4,6,8-9,11-12H2/t13-/m0/s1. The molecule has 5 rings (SSSR count). The highest BCUT2D eigenvalue weighted by atomic mass is 16.2. The molecule has 1 atom stereocenters. The summed E-state index contributed by atoms with van der Waals surface area (Å²) in [6.45, 7) is 3.37. The number of hydrogen-bond acceptors (Lipinski definition) is 4. The third-order valence-electron chi connectivity index (χ3n) is 5.57. The lowest BCUT2D eigenvalue weighted by molar-refractivity contribution is 0.0735. The van der Waals surface area contributed by atoms with E-state index in [1.807, 2.05) is 21.8 Å². The van der Waals surface area contributed by atoms with Crippen molar-refractivity contribution < 1.29 is 4.79 Å². The Morgan fingerprint density at radius 3 is 3.17 bits per heavy atom. The fourth-order valence-electron chi connectivity index (χ4n) is 4.42. The van der Waals surface area contributed by atoms with Crippen molar-refractivity contribution in [2.75, 3.05) is 18.0 Å². The number of carbonyl (C=O) groups excluding carboxylic acids is 1. The molecule has 0 radical (unpaired) electrons. The van der Waals surface area contributed by atoms with Gasteiger partial charge in [0.15, 0.2) is 0 Å². The first kappa shape index (κ1) is 14.0. The maximum atomic E-state index is 13.2. The number of hydrogen-bond donors (Lipinski definition) is 0. The van der Waals surface area contributed by atoms with E-state index >= 15 is 0 Å². The van der Waals surface area contributed by atoms with E-state index < -0.39 is 0 Å². The molecule has 0 aliphatic carbocycles. The van der Waals surface area contributed by atoms with Gasteiger partial charge in [-0.1, -0.05) is 0 Å². The van der Waals surface area contributed by atoms with Gasteiger partial charge in [-0.2, -0.15) is 5.10 Å². The van der Waals surface area contributed by atoms with E-state index in [4.69, 9.17) is 0 Å². The monoisotopic (exact) mass is 323 g/mol. The molecule has 1 fully saturated rings. The molecule has 124 valence electrons. The molecule has 6 heteroatoms. The van der Waals surface area contributed by atoms with Crippen LogP contribution in [0.2, 0.25) is 0 Å². The lowest BCUT2D eigenvalue weighted by Crippen LogP contribution is -2.40. The van der Waals surface area contributed by atoms with E-state index in [2.05, 4.69) is 21.0 Å². The molecular formula is C18H21N5O. The predicted molar refractivity (Wildman–Crippen MR) is 89.9 cm³/mol. The van der Waals surface area contributed by atoms with E-state index in [0.717, 1.165) is 55.8 Å². The third-order valence-corrected chi connectivity index (χ3v) is 5.57. The van der Waals surface area contributed by atoms with Gasteiger partial charge >= 0.3 is 0 Å². The van der Waals surface area contributed by atoms with Crippen molar-refractivity contribution in [3.8, 4) is 0 Å². The molecule has 2 aromatic heterocycles. The second-order valence-corrected chi connectivity index (χ2v) is 6.98. The number of aromatic nitrogens is 3. The predicted octanol–water partition coefficient (Wildman–Crippen LogP) is 1.85. The summed E-state index contributed by atoms with van der Waals surface area (Å²) < 4.78 is 1.99. The molecule has 0 unspecified atom stereocenters. The lowest BCUT2D eigenvalue weighted by Gasteiger charge is -2.27. The summed E-state index contributed by atoms with van der Waals surface area (Å²) in [6, 6.07) is 4.55. The summed E-state index contributed by atoms with van der Waals surface area (Å²) in [6.07, 6.45) is 7.96. The SMILES string of the molecule is O=C(c1cnn2c1CCC2)N1Cc2ncccc2N2CCC[C@H]2C1. The van der Waals surface area contributed by atoms with Crippen LogP contribution in [0.4, 0.5) is 5.69 Å². The van der Waals surface area contributed by atoms with Gasteiger partial charge in [-0.05, 0) is 37.8 Å². The first-order valence-corrected chi connectivity index (χ1v) is 8.86. The summed E-state index contributed by atoms with van der Waals surface area (Å²) in [5.41, 5.74) is 4.11. The van der Waals surface area contributed by atoms with Crippen molar-refractivity contribution in [2.24, 2.45) is 0 Å². The summed E-state index contributed by atoms with van der Waals surface area (Å²) in [5.74, 6) is 0.114. The minimum atomic E-state index is 0.114. The molecule has 2 aromatic rings. The third kappa shape index (κ3) is 2.05. The molecule has 24 heavy (non-hydrogen) atoms. The molecule has 1 saturated heterocycles. The van der Waals surface area contributed by atoms with Gasteiger partial charge < -0.3 is 9.80 Å². The fourth-order valence-corrected chi connectivity index (χ4v) is 4.42. The zero-order valence-corrected chi connectivity index (χ0v) is 13.7. The minimum absolute atomic E-state index is 0.114. The Kier molecular flexibility index (Phi) is 3.11. The molecule has 0 N–H and O–H groups in total. The summed E-state index contributed by atoms with van der Waals surface area (Å²) in [5, 5.41) is 4.39. The van der Waals surface area contributed by atoms with E-state index in [-0.39, 0.29) is 5.91 Å². The van der Waals surface area contributed by atoms with Gasteiger partial charge in [-0.3, -0.25) is 14.5 Å². The van der Waals surface area contributed by atoms with E-state index in [0.29, 0.717) is 12.6 Å². The van der Waals surface area contributed by atoms with Crippen molar-refractivity contribution >= 4 is 11.6 Å². The van der Waals surface area contributed by atoms with Crippen LogP contribution in [0.15, 0.2) is 24.5 Å². The quantitative estimate of drug-likeness (QED) is 0.804. The molecule has 3 aliphatic heterocycles. The lowest BCUT2D eigenvalue weighted by atomic mass is 10.1. The van der Waals surface area contributed by atoms with Crippen LogP contribution in [-0.4, -0.2) is 44.7 Å². The molecule has 0 spiro atoms. The summed E-state index contributed by atoms with van der Waals surface area (Å²) in [4.78, 5) is 22.2. The van der Waals surface area contributed by atoms with Gasteiger partial charge in [0.25, 0.3) is 5.91 Å². The number of fused-ring (bicyclic) bond motifs is 4. The zero-order valence-electron chi connectivity index (χ0n) is 13.7. The maximum absolute atomic E-state index is 13.2. The van der Waals surface area contributed by atoms with E-state index in [9.17, 15) is 4.79 Å². The summed E-state index contributed by atoms with van der Waals surface area (Å²) in [7, 11) is 0. The van der Waals surface area contributed by atoms with Crippen LogP contribution in [0.25, 0.3) is 0 Å². The first-order chi connectivity index (χ1) is 11.8. The minimum Gasteiger partial charge on any atom is -0.365 e. The smallest absolute Gasteiger partial charge is 0.257 e. The van der Waals surface area contributed by atoms with Gasteiger partial charge in [-0.15, -0.1) is 0 Å². The topological polar surface area (TPSA) is 54.3 Å². The van der Waals surface area contributed by atoms with Crippen LogP contribution >= 0.6 is 0 Å². The molecular weight excluding hydrogens is 302 g/mol. The van der Waals surface area contributed by atoms with Crippen LogP contribution < -0.4 is 4.90 Å². The molecule has 6 nitrogen and oxygen atoms in total. The Morgan fingerprint density at radius 1 is 1.25 bits per heavy atom. The van der Waals surface area contributed by atoms with Crippen LogP contribution in [0.3, 0.4) is 0 Å². The van der Waals surface area contributed by atoms with Crippen molar-refractivity contribution in [1.29, 1.82) is 0 Å². The Hall–Kier alpha value is -2.37. The fraction of sp³-hybridized carbons (Fsp3) is 0.500. The van der Waals surface area contributed by atoms with Crippen molar-refractivity contribution in [2.45, 2.75) is 44.8 Å². The highest BCUT2D eigenvalue weighted by Gasteiger charge is 2.35. The first-order valence-electron chi connectivity index (χ1n) is 8.86. The van der Waals surface area contributed by atoms with E-state index in [1.54, 1.807) is 6.20 Å². The number of nitrogens with zero attached hydrogens (tertiary/aromatic N) is 5. The highest BCUT2D eigenvalue weighted by Crippen LogP contribution is 2.33. The van der Waals surface area contributed by atoms with Gasteiger partial charge in [0.05, 0.1) is 35.4 Å². The molecule has 1 amide bonds. The molecule has 3 aliphatic rings. The van der Waals surface area contributed by atoms with Gasteiger partial charge in [-0.25, -0.2) is 0 Å². The second kappa shape index (κ2) is 5.33. The Bertz CT molecular complexity index is 798.